The van der Waals surface area contributed by atoms with Gasteiger partial charge in [0.1, 0.15) is 17.0 Å². The molecule has 6 heterocycles. The van der Waals surface area contributed by atoms with Gasteiger partial charge in [-0.1, -0.05) is 18.1 Å². The van der Waals surface area contributed by atoms with Crippen LogP contribution in [0.3, 0.4) is 0 Å². The van der Waals surface area contributed by atoms with E-state index in [0.717, 1.165) is 56.1 Å². The summed E-state index contributed by atoms with van der Waals surface area (Å²) in [6, 6.07) is 14.0. The van der Waals surface area contributed by atoms with Gasteiger partial charge < -0.3 is 30.1 Å². The first-order chi connectivity index (χ1) is 19.6. The molecule has 2 unspecified atom stereocenters. The number of phenolic OH excluding ortho intramolecular Hbond substituents is 1. The second-order valence-corrected chi connectivity index (χ2v) is 11.1. The van der Waals surface area contributed by atoms with Crippen LogP contribution < -0.4 is 15.5 Å². The van der Waals surface area contributed by atoms with Crippen molar-refractivity contribution in [2.45, 2.75) is 30.5 Å². The minimum atomic E-state index is -0.124. The predicted octanol–water partition coefficient (Wildman–Crippen LogP) is 2.14. The Bertz CT molecular complexity index is 1440. The maximum absolute atomic E-state index is 10.3. The smallest absolute Gasteiger partial charge is 0.169 e. The third-order valence-corrected chi connectivity index (χ3v) is 8.39. The number of fused-ring (bicyclic) bond motifs is 2. The highest BCUT2D eigenvalue weighted by atomic mass is 16.6. The van der Waals surface area contributed by atoms with E-state index in [1.165, 1.54) is 0 Å². The van der Waals surface area contributed by atoms with Crippen LogP contribution in [0.25, 0.3) is 11.3 Å². The van der Waals surface area contributed by atoms with E-state index in [1.807, 2.05) is 24.4 Å². The number of nitrogen functional groups attached to an aromatic ring is 1. The lowest BCUT2D eigenvalue weighted by atomic mass is 9.94. The van der Waals surface area contributed by atoms with Gasteiger partial charge in [0.25, 0.3) is 0 Å². The quantitative estimate of drug-likeness (QED) is 0.478. The van der Waals surface area contributed by atoms with Crippen LogP contribution in [-0.4, -0.2) is 95.4 Å². The Morgan fingerprint density at radius 3 is 2.65 bits per heavy atom. The monoisotopic (exact) mass is 539 g/mol. The molecule has 10 nitrogen and oxygen atoms in total. The van der Waals surface area contributed by atoms with Crippen LogP contribution in [0.5, 0.6) is 5.75 Å². The summed E-state index contributed by atoms with van der Waals surface area (Å²) < 4.78 is 11.5. The lowest BCUT2D eigenvalue weighted by Gasteiger charge is -2.50. The molecule has 7 rings (SSSR count). The van der Waals surface area contributed by atoms with Crippen LogP contribution in [0.2, 0.25) is 0 Å². The topological polar surface area (TPSA) is 113 Å². The van der Waals surface area contributed by atoms with E-state index in [0.29, 0.717) is 55.5 Å². The molecule has 1 aromatic carbocycles. The molecule has 4 aliphatic rings. The summed E-state index contributed by atoms with van der Waals surface area (Å²) in [6.07, 6.45) is 4.08. The Kier molecular flexibility index (Phi) is 6.42. The van der Waals surface area contributed by atoms with Crippen LogP contribution in [0.4, 0.5) is 17.2 Å². The van der Waals surface area contributed by atoms with Gasteiger partial charge in [0, 0.05) is 55.7 Å². The molecule has 0 amide bonds. The molecule has 1 spiro atoms. The zero-order valence-electron chi connectivity index (χ0n) is 22.4. The van der Waals surface area contributed by atoms with E-state index in [2.05, 4.69) is 53.9 Å². The number of nitrogens with two attached hydrogens (primary N) is 1. The summed E-state index contributed by atoms with van der Waals surface area (Å²) in [5, 5.41) is 18.8. The molecule has 4 aliphatic heterocycles. The largest absolute Gasteiger partial charge is 0.507 e. The molecular weight excluding hydrogens is 506 g/mol. The third-order valence-electron chi connectivity index (χ3n) is 8.39. The maximum atomic E-state index is 10.3. The highest BCUT2D eigenvalue weighted by molar-refractivity contribution is 5.74. The van der Waals surface area contributed by atoms with Crippen molar-refractivity contribution in [3.05, 3.63) is 54.4 Å². The van der Waals surface area contributed by atoms with Gasteiger partial charge in [0.2, 0.25) is 0 Å². The standard InChI is InChI=1S/C30H33N7O3/c31-29-27(15-26(33-34-29)25-5-1-2-6-28(25)38)36-16-23-7-8-24(17-36)37(23)22-9-10-32-21(14-22)4-3-11-35-18-30(19-35)20-39-12-13-40-30/h1-2,5-6,9-10,14-15,23-24,38H,7-8,11-13,16-20H2,(H2,31,34). The van der Waals surface area contributed by atoms with Gasteiger partial charge in [0.15, 0.2) is 5.82 Å². The van der Waals surface area contributed by atoms with Gasteiger partial charge in [0.05, 0.1) is 37.7 Å². The minimum Gasteiger partial charge on any atom is -0.507 e. The van der Waals surface area contributed by atoms with Crippen molar-refractivity contribution in [2.24, 2.45) is 0 Å². The number of aromatic hydroxyl groups is 1. The van der Waals surface area contributed by atoms with E-state index in [4.69, 9.17) is 15.2 Å². The van der Waals surface area contributed by atoms with E-state index in [1.54, 1.807) is 12.1 Å². The van der Waals surface area contributed by atoms with Crippen LogP contribution in [0.1, 0.15) is 18.5 Å². The summed E-state index contributed by atoms with van der Waals surface area (Å²) in [7, 11) is 0. The Morgan fingerprint density at radius 2 is 1.88 bits per heavy atom. The van der Waals surface area contributed by atoms with E-state index < -0.39 is 0 Å². The third kappa shape index (κ3) is 4.70. The lowest BCUT2D eigenvalue weighted by Crippen LogP contribution is -2.67. The Labute approximate surface area is 233 Å². The molecule has 2 atom stereocenters. The highest BCUT2D eigenvalue weighted by Gasteiger charge is 2.45. The number of pyridine rings is 1. The summed E-state index contributed by atoms with van der Waals surface area (Å²) in [5.41, 5.74) is 10.3. The van der Waals surface area contributed by atoms with Crippen molar-refractivity contribution in [3.8, 4) is 28.8 Å². The molecule has 3 N–H and O–H groups in total. The molecule has 0 saturated carbocycles. The van der Waals surface area contributed by atoms with Crippen molar-refractivity contribution < 1.29 is 14.6 Å². The number of hydrogen-bond donors (Lipinski definition) is 2. The molecule has 0 aliphatic carbocycles. The molecule has 4 fully saturated rings. The molecule has 3 aromatic rings. The predicted molar refractivity (Wildman–Crippen MR) is 152 cm³/mol. The van der Waals surface area contributed by atoms with Crippen molar-refractivity contribution in [3.63, 3.8) is 0 Å². The van der Waals surface area contributed by atoms with E-state index >= 15 is 0 Å². The summed E-state index contributed by atoms with van der Waals surface area (Å²) in [6.45, 7) is 6.15. The first-order valence-electron chi connectivity index (χ1n) is 13.9. The number of para-hydroxylation sites is 1. The van der Waals surface area contributed by atoms with E-state index in [9.17, 15) is 5.11 Å². The molecule has 4 saturated heterocycles. The number of hydrogen-bond acceptors (Lipinski definition) is 10. The van der Waals surface area contributed by atoms with Crippen LogP contribution >= 0.6 is 0 Å². The average molecular weight is 540 g/mol. The Morgan fingerprint density at radius 1 is 1.05 bits per heavy atom. The second-order valence-electron chi connectivity index (χ2n) is 11.1. The first-order valence-corrected chi connectivity index (χ1v) is 13.9. The lowest BCUT2D eigenvalue weighted by molar-refractivity contribution is -0.214. The summed E-state index contributed by atoms with van der Waals surface area (Å²) >= 11 is 0. The van der Waals surface area contributed by atoms with Gasteiger partial charge in [-0.3, -0.25) is 4.90 Å². The fraction of sp³-hybridized carbons (Fsp3) is 0.433. The molecular formula is C30H33N7O3. The first kappa shape index (κ1) is 25.1. The van der Waals surface area contributed by atoms with Gasteiger partial charge in [-0.05, 0) is 49.1 Å². The number of likely N-dealkylation sites (tertiary alicyclic amines) is 1. The summed E-state index contributed by atoms with van der Waals surface area (Å²) in [5.74, 6) is 7.15. The Balaban J connectivity index is 1.03. The second kappa shape index (κ2) is 10.2. The normalized spacial score (nSPS) is 23.5. The van der Waals surface area contributed by atoms with Crippen molar-refractivity contribution in [2.75, 3.05) is 68.1 Å². The average Bonchev–Trinajstić information content (AvgIpc) is 3.22. The van der Waals surface area contributed by atoms with E-state index in [-0.39, 0.29) is 11.4 Å². The van der Waals surface area contributed by atoms with Gasteiger partial charge in [-0.25, -0.2) is 4.98 Å². The number of piperazine rings is 1. The zero-order chi connectivity index (χ0) is 27.1. The number of rotatable bonds is 4. The zero-order valence-corrected chi connectivity index (χ0v) is 22.4. The number of benzene rings is 1. The van der Waals surface area contributed by atoms with Crippen LogP contribution in [-0.2, 0) is 9.47 Å². The minimum absolute atomic E-state index is 0.124. The number of nitrogens with zero attached hydrogens (tertiary/aromatic N) is 6. The SMILES string of the molecule is Nc1nnc(-c2ccccc2O)cc1N1CC2CCC(C1)N2c1ccnc(C#CCN2CC3(COCCO3)C2)c1. The Hall–Kier alpha value is -3.91. The molecule has 206 valence electrons. The van der Waals surface area contributed by atoms with Gasteiger partial charge in [-0.2, -0.15) is 0 Å². The summed E-state index contributed by atoms with van der Waals surface area (Å²) in [4.78, 5) is 11.6. The number of ether oxygens (including phenoxy) is 2. The van der Waals surface area contributed by atoms with Crippen molar-refractivity contribution >= 4 is 17.2 Å². The van der Waals surface area contributed by atoms with Crippen LogP contribution in [0, 0.1) is 11.8 Å². The number of phenols is 1. The molecule has 10 heteroatoms. The fourth-order valence-corrected chi connectivity index (χ4v) is 6.56. The van der Waals surface area contributed by atoms with Gasteiger partial charge >= 0.3 is 0 Å². The molecule has 2 aromatic heterocycles. The maximum Gasteiger partial charge on any atom is 0.169 e. The highest BCUT2D eigenvalue weighted by Crippen LogP contribution is 2.39. The van der Waals surface area contributed by atoms with Crippen molar-refractivity contribution in [1.82, 2.24) is 20.1 Å². The molecule has 0 radical (unpaired) electrons. The number of aromatic nitrogens is 3. The number of anilines is 3. The van der Waals surface area contributed by atoms with Crippen molar-refractivity contribution in [1.29, 1.82) is 0 Å². The van der Waals surface area contributed by atoms with Crippen LogP contribution in [0.15, 0.2) is 48.7 Å². The molecule has 2 bridgehead atoms. The molecule has 40 heavy (non-hydrogen) atoms. The fourth-order valence-electron chi connectivity index (χ4n) is 6.56. The van der Waals surface area contributed by atoms with Gasteiger partial charge in [-0.15, -0.1) is 10.2 Å².